The van der Waals surface area contributed by atoms with Crippen LogP contribution in [0.1, 0.15) is 12.5 Å². The molecule has 2 aromatic carbocycles. The summed E-state index contributed by atoms with van der Waals surface area (Å²) in [4.78, 5) is 16.1. The number of azo groups is 1. The van der Waals surface area contributed by atoms with Crippen LogP contribution in [0, 0.1) is 0 Å². The summed E-state index contributed by atoms with van der Waals surface area (Å²) in [6.45, 7) is 1.62. The topological polar surface area (TPSA) is 140 Å². The highest BCUT2D eigenvalue weighted by atomic mass is 35.5. The molecule has 0 unspecified atom stereocenters. The number of hydrogen-bond donors (Lipinski definition) is 2. The van der Waals surface area contributed by atoms with Crippen LogP contribution < -0.4 is 9.46 Å². The molecule has 35 heavy (non-hydrogen) atoms. The number of aliphatic hydroxyl groups excluding tert-OH is 1. The predicted molar refractivity (Wildman–Crippen MR) is 130 cm³/mol. The molecule has 3 aromatic rings. The van der Waals surface area contributed by atoms with Crippen molar-refractivity contribution in [3.05, 3.63) is 83.3 Å². The highest BCUT2D eigenvalue weighted by molar-refractivity contribution is 7.92. The number of sulfonamides is 1. The molecule has 0 atom stereocenters. The van der Waals surface area contributed by atoms with Crippen LogP contribution in [0.5, 0.6) is 5.75 Å². The summed E-state index contributed by atoms with van der Waals surface area (Å²) in [5, 5.41) is 18.3. The number of carbonyl (C=O) groups excluding carboxylic acids is 1. The third-order valence-electron chi connectivity index (χ3n) is 4.46. The van der Waals surface area contributed by atoms with Crippen molar-refractivity contribution in [3.63, 3.8) is 0 Å². The van der Waals surface area contributed by atoms with Gasteiger partial charge in [0.2, 0.25) is 5.70 Å². The molecular weight excluding hydrogens is 496 g/mol. The monoisotopic (exact) mass is 516 g/mol. The largest absolute Gasteiger partial charge is 0.505 e. The van der Waals surface area contributed by atoms with Gasteiger partial charge in [0.15, 0.2) is 5.76 Å². The van der Waals surface area contributed by atoms with Gasteiger partial charge in [0.25, 0.3) is 10.0 Å². The number of esters is 1. The van der Waals surface area contributed by atoms with Gasteiger partial charge in [-0.05, 0) is 61.5 Å². The normalized spacial score (nSPS) is 12.2. The molecule has 12 heteroatoms. The van der Waals surface area contributed by atoms with Crippen LogP contribution >= 0.6 is 11.6 Å². The predicted octanol–water partition coefficient (Wildman–Crippen LogP) is 5.12. The second kappa shape index (κ2) is 11.4. The van der Waals surface area contributed by atoms with E-state index >= 15 is 0 Å². The molecule has 1 aromatic heterocycles. The number of anilines is 1. The summed E-state index contributed by atoms with van der Waals surface area (Å²) < 4.78 is 38.2. The summed E-state index contributed by atoms with van der Waals surface area (Å²) >= 11 is 6.17. The summed E-state index contributed by atoms with van der Waals surface area (Å²) in [6, 6.07) is 13.2. The summed E-state index contributed by atoms with van der Waals surface area (Å²) in [7, 11) is -2.51. The molecule has 10 nitrogen and oxygen atoms in total. The lowest BCUT2D eigenvalue weighted by Gasteiger charge is -2.10. The van der Waals surface area contributed by atoms with E-state index in [1.807, 2.05) is 0 Å². The summed E-state index contributed by atoms with van der Waals surface area (Å²) in [5.41, 5.74) is -0.0240. The van der Waals surface area contributed by atoms with Crippen molar-refractivity contribution in [1.82, 2.24) is 4.98 Å². The minimum absolute atomic E-state index is 0.0314. The third-order valence-corrected chi connectivity index (χ3v) is 6.15. The van der Waals surface area contributed by atoms with Gasteiger partial charge in [-0.2, -0.15) is 0 Å². The van der Waals surface area contributed by atoms with E-state index < -0.39 is 27.4 Å². The van der Waals surface area contributed by atoms with Gasteiger partial charge in [-0.15, -0.1) is 10.2 Å². The molecule has 0 aliphatic rings. The summed E-state index contributed by atoms with van der Waals surface area (Å²) in [5.74, 6) is -0.873. The zero-order chi connectivity index (χ0) is 25.4. The summed E-state index contributed by atoms with van der Waals surface area (Å²) in [6.07, 6.45) is 2.82. The van der Waals surface area contributed by atoms with Gasteiger partial charge in [-0.3, -0.25) is 9.71 Å². The zero-order valence-electron chi connectivity index (χ0n) is 18.7. The minimum atomic E-state index is -4.01. The average molecular weight is 517 g/mol. The lowest BCUT2D eigenvalue weighted by molar-refractivity contribution is -0.138. The SMILES string of the molecule is CCOC(=O)C(N=Nc1cc(S(=O)(=O)Nc2ccc(OC)cc2)ccc1Cl)=C(O)c1cccnc1. The van der Waals surface area contributed by atoms with Crippen molar-refractivity contribution in [1.29, 1.82) is 0 Å². The van der Waals surface area contributed by atoms with Crippen LogP contribution in [-0.2, 0) is 19.6 Å². The van der Waals surface area contributed by atoms with E-state index in [1.165, 1.54) is 43.8 Å². The molecule has 0 spiro atoms. The van der Waals surface area contributed by atoms with Crippen molar-refractivity contribution in [2.75, 3.05) is 18.4 Å². The maximum absolute atomic E-state index is 12.9. The number of halogens is 1. The molecule has 0 bridgehead atoms. The van der Waals surface area contributed by atoms with E-state index in [1.54, 1.807) is 37.3 Å². The maximum atomic E-state index is 12.9. The van der Waals surface area contributed by atoms with Crippen LogP contribution in [0.3, 0.4) is 0 Å². The van der Waals surface area contributed by atoms with E-state index in [0.717, 1.165) is 0 Å². The van der Waals surface area contributed by atoms with Gasteiger partial charge < -0.3 is 14.6 Å². The molecule has 182 valence electrons. The van der Waals surface area contributed by atoms with Crippen molar-refractivity contribution in [2.45, 2.75) is 11.8 Å². The van der Waals surface area contributed by atoms with Crippen molar-refractivity contribution < 1.29 is 27.8 Å². The Labute approximate surface area is 207 Å². The first-order valence-electron chi connectivity index (χ1n) is 10.1. The first-order chi connectivity index (χ1) is 16.7. The van der Waals surface area contributed by atoms with E-state index in [9.17, 15) is 18.3 Å². The molecule has 3 rings (SSSR count). The van der Waals surface area contributed by atoms with Gasteiger partial charge in [-0.25, -0.2) is 13.2 Å². The van der Waals surface area contributed by atoms with Crippen LogP contribution in [0.25, 0.3) is 5.76 Å². The van der Waals surface area contributed by atoms with Crippen LogP contribution in [0.4, 0.5) is 11.4 Å². The number of aliphatic hydroxyl groups is 1. The molecule has 0 radical (unpaired) electrons. The average Bonchev–Trinajstić information content (AvgIpc) is 2.86. The van der Waals surface area contributed by atoms with E-state index in [2.05, 4.69) is 19.9 Å². The van der Waals surface area contributed by atoms with E-state index in [4.69, 9.17) is 21.1 Å². The third kappa shape index (κ3) is 6.55. The van der Waals surface area contributed by atoms with Gasteiger partial charge in [0.1, 0.15) is 11.4 Å². The number of methoxy groups -OCH3 is 1. The van der Waals surface area contributed by atoms with Gasteiger partial charge in [0, 0.05) is 23.6 Å². The number of rotatable bonds is 9. The first kappa shape index (κ1) is 25.7. The number of nitrogens with one attached hydrogen (secondary N) is 1. The molecule has 0 aliphatic heterocycles. The molecule has 0 amide bonds. The lowest BCUT2D eigenvalue weighted by Crippen LogP contribution is -2.12. The van der Waals surface area contributed by atoms with Crippen LogP contribution in [0.15, 0.2) is 87.8 Å². The Balaban J connectivity index is 1.95. The molecule has 2 N–H and O–H groups in total. The Morgan fingerprint density at radius 2 is 1.91 bits per heavy atom. The molecule has 0 saturated carbocycles. The number of nitrogens with zero attached hydrogens (tertiary/aromatic N) is 3. The Bertz CT molecular complexity index is 1360. The Morgan fingerprint density at radius 3 is 2.54 bits per heavy atom. The van der Waals surface area contributed by atoms with Gasteiger partial charge >= 0.3 is 5.97 Å². The molecule has 1 heterocycles. The lowest BCUT2D eigenvalue weighted by atomic mass is 10.2. The second-order valence-corrected chi connectivity index (χ2v) is 8.90. The Kier molecular flexibility index (Phi) is 8.39. The molecular formula is C23H21ClN4O6S. The van der Waals surface area contributed by atoms with E-state index in [-0.39, 0.29) is 27.8 Å². The fourth-order valence-electron chi connectivity index (χ4n) is 2.74. The highest BCUT2D eigenvalue weighted by Crippen LogP contribution is 2.30. The second-order valence-electron chi connectivity index (χ2n) is 6.81. The number of carbonyl (C=O) groups is 1. The standard InChI is InChI=1S/C23H21ClN4O6S/c1-3-34-23(30)21(22(29)15-5-4-12-25-14-15)27-26-20-13-18(10-11-19(20)24)35(31,32)28-16-6-8-17(33-2)9-7-16/h4-14,28-29H,3H2,1-2H3. The van der Waals surface area contributed by atoms with Crippen molar-refractivity contribution in [2.24, 2.45) is 10.2 Å². The number of pyridine rings is 1. The number of benzene rings is 2. The fraction of sp³-hybridized carbons (Fsp3) is 0.130. The van der Waals surface area contributed by atoms with Crippen molar-refractivity contribution >= 4 is 44.7 Å². The smallest absolute Gasteiger partial charge is 0.362 e. The van der Waals surface area contributed by atoms with Crippen LogP contribution in [-0.4, -0.2) is 38.2 Å². The first-order valence-corrected chi connectivity index (χ1v) is 12.0. The Hall–Kier alpha value is -3.96. The highest BCUT2D eigenvalue weighted by Gasteiger charge is 2.20. The maximum Gasteiger partial charge on any atom is 0.362 e. The number of aromatic nitrogens is 1. The van der Waals surface area contributed by atoms with E-state index in [0.29, 0.717) is 11.4 Å². The quantitative estimate of drug-likeness (QED) is 0.174. The van der Waals surface area contributed by atoms with Gasteiger partial charge in [0.05, 0.1) is 23.6 Å². The van der Waals surface area contributed by atoms with Crippen LogP contribution in [0.2, 0.25) is 5.02 Å². The molecule has 0 aliphatic carbocycles. The molecule has 0 saturated heterocycles. The fourth-order valence-corrected chi connectivity index (χ4v) is 3.97. The zero-order valence-corrected chi connectivity index (χ0v) is 20.2. The van der Waals surface area contributed by atoms with Crippen molar-refractivity contribution in [3.8, 4) is 5.75 Å². The number of ether oxygens (including phenoxy) is 2. The number of hydrogen-bond acceptors (Lipinski definition) is 9. The van der Waals surface area contributed by atoms with Gasteiger partial charge in [-0.1, -0.05) is 11.6 Å². The minimum Gasteiger partial charge on any atom is -0.505 e. The Morgan fingerprint density at radius 1 is 1.17 bits per heavy atom. The molecule has 0 fully saturated rings.